The van der Waals surface area contributed by atoms with Crippen LogP contribution in [0, 0.1) is 0 Å². The molecule has 0 radical (unpaired) electrons. The number of carbonyl (C=O) groups excluding carboxylic acids is 1. The Balaban J connectivity index is 1.32. The maximum absolute atomic E-state index is 13.2. The average molecular weight is 527 g/mol. The first-order chi connectivity index (χ1) is 18.7. The van der Waals surface area contributed by atoms with E-state index in [4.69, 9.17) is 4.74 Å². The first kappa shape index (κ1) is 26.0. The lowest BCUT2D eigenvalue weighted by Gasteiger charge is -2.27. The second-order valence-corrected chi connectivity index (χ2v) is 10.6. The third-order valence-electron chi connectivity index (χ3n) is 6.95. The molecule has 1 aliphatic carbocycles. The smallest absolute Gasteiger partial charge is 0.231 e. The molecular formula is C31H34N4O2S. The van der Waals surface area contributed by atoms with Crippen LogP contribution in [0.5, 0.6) is 5.75 Å². The minimum atomic E-state index is -0.254. The quantitative estimate of drug-likeness (QED) is 0.227. The third kappa shape index (κ3) is 6.45. The van der Waals surface area contributed by atoms with Crippen molar-refractivity contribution in [2.75, 3.05) is 5.75 Å². The molecule has 7 heteroatoms. The molecular weight excluding hydrogens is 492 g/mol. The molecule has 1 atom stereocenters. The van der Waals surface area contributed by atoms with Gasteiger partial charge in [-0.25, -0.2) is 0 Å². The molecule has 1 unspecified atom stereocenters. The van der Waals surface area contributed by atoms with Gasteiger partial charge in [0.05, 0.1) is 11.8 Å². The molecule has 1 N–H and O–H groups in total. The third-order valence-corrected chi connectivity index (χ3v) is 7.90. The van der Waals surface area contributed by atoms with Crippen molar-refractivity contribution in [3.05, 3.63) is 108 Å². The molecule has 1 amide bonds. The largest absolute Gasteiger partial charge is 0.483 e. The predicted octanol–water partition coefficient (Wildman–Crippen LogP) is 6.92. The Kier molecular flexibility index (Phi) is 8.76. The van der Waals surface area contributed by atoms with Gasteiger partial charge in [-0.3, -0.25) is 9.36 Å². The minimum Gasteiger partial charge on any atom is -0.483 e. The zero-order valence-corrected chi connectivity index (χ0v) is 22.5. The highest BCUT2D eigenvalue weighted by atomic mass is 32.2. The fourth-order valence-electron chi connectivity index (χ4n) is 5.09. The van der Waals surface area contributed by atoms with E-state index in [0.717, 1.165) is 40.7 Å². The SMILES string of the molecule is CC(Oc1ccccc1)c1nnc(SCC(=O)NC(c2ccccc2)c2ccccc2)n1C1CCCCC1. The van der Waals surface area contributed by atoms with Crippen molar-refractivity contribution in [1.29, 1.82) is 0 Å². The average Bonchev–Trinajstić information content (AvgIpc) is 3.41. The summed E-state index contributed by atoms with van der Waals surface area (Å²) in [5, 5.41) is 13.1. The summed E-state index contributed by atoms with van der Waals surface area (Å²) in [5.74, 6) is 1.84. The fraction of sp³-hybridized carbons (Fsp3) is 0.323. The summed E-state index contributed by atoms with van der Waals surface area (Å²) in [6, 6.07) is 30.1. The number of ether oxygens (including phenoxy) is 1. The Bertz CT molecular complexity index is 1250. The number of nitrogens with zero attached hydrogens (tertiary/aromatic N) is 3. The highest BCUT2D eigenvalue weighted by Crippen LogP contribution is 2.35. The Morgan fingerprint density at radius 2 is 1.47 bits per heavy atom. The minimum absolute atomic E-state index is 0.0407. The van der Waals surface area contributed by atoms with Crippen LogP contribution in [-0.2, 0) is 4.79 Å². The van der Waals surface area contributed by atoms with Gasteiger partial charge in [-0.15, -0.1) is 10.2 Å². The molecule has 6 nitrogen and oxygen atoms in total. The van der Waals surface area contributed by atoms with Crippen LogP contribution in [-0.4, -0.2) is 26.4 Å². The molecule has 1 heterocycles. The summed E-state index contributed by atoms with van der Waals surface area (Å²) < 4.78 is 8.44. The Hall–Kier alpha value is -3.58. The zero-order valence-electron chi connectivity index (χ0n) is 21.7. The summed E-state index contributed by atoms with van der Waals surface area (Å²) in [6.45, 7) is 2.02. The van der Waals surface area contributed by atoms with Crippen molar-refractivity contribution in [3.63, 3.8) is 0 Å². The molecule has 4 aromatic rings. The van der Waals surface area contributed by atoms with Gasteiger partial charge < -0.3 is 10.1 Å². The molecule has 1 aromatic heterocycles. The molecule has 3 aromatic carbocycles. The lowest BCUT2D eigenvalue weighted by molar-refractivity contribution is -0.119. The lowest BCUT2D eigenvalue weighted by Crippen LogP contribution is -2.30. The second-order valence-electron chi connectivity index (χ2n) is 9.69. The monoisotopic (exact) mass is 526 g/mol. The second kappa shape index (κ2) is 12.8. The molecule has 0 saturated heterocycles. The molecule has 0 spiro atoms. The van der Waals surface area contributed by atoms with Crippen LogP contribution in [0.3, 0.4) is 0 Å². The van der Waals surface area contributed by atoms with Gasteiger partial charge in [0.25, 0.3) is 0 Å². The van der Waals surface area contributed by atoms with E-state index in [1.165, 1.54) is 31.0 Å². The summed E-state index contributed by atoms with van der Waals surface area (Å²) in [5.41, 5.74) is 2.10. The van der Waals surface area contributed by atoms with Crippen LogP contribution >= 0.6 is 11.8 Å². The number of amides is 1. The number of aromatic nitrogens is 3. The van der Waals surface area contributed by atoms with Gasteiger partial charge in [0.1, 0.15) is 5.75 Å². The molecule has 1 aliphatic rings. The van der Waals surface area contributed by atoms with Crippen LogP contribution in [0.25, 0.3) is 0 Å². The van der Waals surface area contributed by atoms with E-state index in [1.807, 2.05) is 97.9 Å². The van der Waals surface area contributed by atoms with E-state index < -0.39 is 0 Å². The number of rotatable bonds is 10. The van der Waals surface area contributed by atoms with Crippen molar-refractivity contribution < 1.29 is 9.53 Å². The summed E-state index contributed by atoms with van der Waals surface area (Å²) in [4.78, 5) is 13.2. The van der Waals surface area contributed by atoms with Crippen molar-refractivity contribution in [3.8, 4) is 5.75 Å². The molecule has 38 heavy (non-hydrogen) atoms. The fourth-order valence-corrected chi connectivity index (χ4v) is 5.91. The van der Waals surface area contributed by atoms with Gasteiger partial charge in [-0.2, -0.15) is 0 Å². The number of carbonyl (C=O) groups is 1. The Morgan fingerprint density at radius 1 is 0.895 bits per heavy atom. The van der Waals surface area contributed by atoms with Crippen LogP contribution in [0.2, 0.25) is 0 Å². The van der Waals surface area contributed by atoms with Crippen molar-refractivity contribution in [2.24, 2.45) is 0 Å². The van der Waals surface area contributed by atoms with Gasteiger partial charge in [0.15, 0.2) is 17.1 Å². The Labute approximate surface area is 228 Å². The van der Waals surface area contributed by atoms with Gasteiger partial charge in [-0.05, 0) is 43.0 Å². The highest BCUT2D eigenvalue weighted by molar-refractivity contribution is 7.99. The molecule has 196 valence electrons. The molecule has 5 rings (SSSR count). The normalized spacial score (nSPS) is 14.8. The summed E-state index contributed by atoms with van der Waals surface area (Å²) in [6.07, 6.45) is 5.57. The number of hydrogen-bond donors (Lipinski definition) is 1. The van der Waals surface area contributed by atoms with Crippen molar-refractivity contribution >= 4 is 17.7 Å². The predicted molar refractivity (Wildman–Crippen MR) is 151 cm³/mol. The van der Waals surface area contributed by atoms with Gasteiger partial charge in [0.2, 0.25) is 5.91 Å². The lowest BCUT2D eigenvalue weighted by atomic mass is 9.95. The van der Waals surface area contributed by atoms with Crippen LogP contribution < -0.4 is 10.1 Å². The first-order valence-corrected chi connectivity index (χ1v) is 14.4. The number of para-hydroxylation sites is 1. The van der Waals surface area contributed by atoms with E-state index in [9.17, 15) is 4.79 Å². The van der Waals surface area contributed by atoms with Crippen LogP contribution in [0.15, 0.2) is 96.2 Å². The maximum atomic E-state index is 13.2. The van der Waals surface area contributed by atoms with E-state index in [-0.39, 0.29) is 23.8 Å². The maximum Gasteiger partial charge on any atom is 0.231 e. The summed E-state index contributed by atoms with van der Waals surface area (Å²) >= 11 is 1.45. The Morgan fingerprint density at radius 3 is 2.08 bits per heavy atom. The van der Waals surface area contributed by atoms with Gasteiger partial charge in [-0.1, -0.05) is 110 Å². The zero-order chi connectivity index (χ0) is 26.2. The van der Waals surface area contributed by atoms with Gasteiger partial charge in [0, 0.05) is 6.04 Å². The van der Waals surface area contributed by atoms with E-state index >= 15 is 0 Å². The molecule has 1 fully saturated rings. The number of hydrogen-bond acceptors (Lipinski definition) is 5. The number of nitrogens with one attached hydrogen (secondary N) is 1. The molecule has 1 saturated carbocycles. The van der Waals surface area contributed by atoms with Crippen LogP contribution in [0.4, 0.5) is 0 Å². The van der Waals surface area contributed by atoms with E-state index in [0.29, 0.717) is 6.04 Å². The standard InChI is InChI=1S/C31H34N4O2S/c1-23(37-27-20-12-5-13-21-27)30-33-34-31(35(30)26-18-10-4-11-19-26)38-22-28(36)32-29(24-14-6-2-7-15-24)25-16-8-3-9-17-25/h2-3,5-9,12-17,20-21,23,26,29H,4,10-11,18-19,22H2,1H3,(H,32,36). The van der Waals surface area contributed by atoms with Crippen molar-refractivity contribution in [1.82, 2.24) is 20.1 Å². The van der Waals surface area contributed by atoms with Crippen LogP contribution in [0.1, 0.15) is 74.2 Å². The molecule has 0 bridgehead atoms. The van der Waals surface area contributed by atoms with E-state index in [2.05, 4.69) is 20.1 Å². The number of thioether (sulfide) groups is 1. The number of benzene rings is 3. The van der Waals surface area contributed by atoms with Gasteiger partial charge >= 0.3 is 0 Å². The van der Waals surface area contributed by atoms with E-state index in [1.54, 1.807) is 0 Å². The first-order valence-electron chi connectivity index (χ1n) is 13.4. The molecule has 0 aliphatic heterocycles. The van der Waals surface area contributed by atoms with Crippen molar-refractivity contribution in [2.45, 2.75) is 62.4 Å². The summed E-state index contributed by atoms with van der Waals surface area (Å²) in [7, 11) is 0. The topological polar surface area (TPSA) is 69.0 Å². The highest BCUT2D eigenvalue weighted by Gasteiger charge is 2.27.